The van der Waals surface area contributed by atoms with Crippen LogP contribution in [0.3, 0.4) is 0 Å². The van der Waals surface area contributed by atoms with Crippen molar-refractivity contribution in [1.29, 1.82) is 0 Å². The molecule has 5 rings (SSSR count). The first kappa shape index (κ1) is 29.0. The Kier molecular flexibility index (Phi) is 8.67. The molecule has 0 spiro atoms. The fraction of sp³-hybridized carbons (Fsp3) is 0.207. The number of fused-ring (bicyclic) bond motifs is 3. The fourth-order valence-corrected chi connectivity index (χ4v) is 4.80. The van der Waals surface area contributed by atoms with Crippen molar-refractivity contribution >= 4 is 47.4 Å². The number of carbonyl (C=O) groups is 2. The SMILES string of the molecule is CCNC(=O)C[C@@H]1N=C(c2ccc(Cl)cc2)c2cc(OCC(=O)Nc3ccc(B(O)O)cc3)ccc2-n2c(C)nnc21. The number of hydrogen-bond donors (Lipinski definition) is 4. The van der Waals surface area contributed by atoms with Gasteiger partial charge in [-0.3, -0.25) is 19.1 Å². The summed E-state index contributed by atoms with van der Waals surface area (Å²) in [7, 11) is -1.59. The van der Waals surface area contributed by atoms with Crippen molar-refractivity contribution in [2.75, 3.05) is 18.5 Å². The second-order valence-electron chi connectivity index (χ2n) is 9.61. The zero-order chi connectivity index (χ0) is 29.8. The van der Waals surface area contributed by atoms with Crippen molar-refractivity contribution in [3.05, 3.63) is 94.5 Å². The molecule has 0 saturated heterocycles. The molecule has 0 radical (unpaired) electrons. The minimum absolute atomic E-state index is 0.0822. The zero-order valence-electron chi connectivity index (χ0n) is 22.9. The van der Waals surface area contributed by atoms with E-state index in [0.717, 1.165) is 11.3 Å². The number of rotatable bonds is 9. The second-order valence-corrected chi connectivity index (χ2v) is 10.0. The first-order valence-electron chi connectivity index (χ1n) is 13.3. The zero-order valence-corrected chi connectivity index (χ0v) is 23.7. The van der Waals surface area contributed by atoms with Gasteiger partial charge in [-0.2, -0.15) is 0 Å². The molecule has 11 nitrogen and oxygen atoms in total. The number of amides is 2. The molecule has 0 unspecified atom stereocenters. The van der Waals surface area contributed by atoms with Gasteiger partial charge in [-0.25, -0.2) is 0 Å². The maximum absolute atomic E-state index is 12.6. The highest BCUT2D eigenvalue weighted by atomic mass is 35.5. The lowest BCUT2D eigenvalue weighted by molar-refractivity contribution is -0.121. The van der Waals surface area contributed by atoms with E-state index in [-0.39, 0.29) is 18.9 Å². The van der Waals surface area contributed by atoms with E-state index >= 15 is 0 Å². The number of carbonyl (C=O) groups excluding carboxylic acids is 2. The first-order chi connectivity index (χ1) is 20.2. The van der Waals surface area contributed by atoms with E-state index in [2.05, 4.69) is 20.8 Å². The quantitative estimate of drug-likeness (QED) is 0.220. The molecule has 0 saturated carbocycles. The van der Waals surface area contributed by atoms with Gasteiger partial charge in [-0.05, 0) is 61.8 Å². The summed E-state index contributed by atoms with van der Waals surface area (Å²) in [6, 6.07) is 18.2. The Morgan fingerprint density at radius 3 is 2.45 bits per heavy atom. The van der Waals surface area contributed by atoms with Crippen molar-refractivity contribution in [3.63, 3.8) is 0 Å². The molecule has 1 aliphatic rings. The summed E-state index contributed by atoms with van der Waals surface area (Å²) >= 11 is 6.17. The van der Waals surface area contributed by atoms with Gasteiger partial charge in [0.05, 0.1) is 17.8 Å². The Labute approximate surface area is 247 Å². The summed E-state index contributed by atoms with van der Waals surface area (Å²) in [4.78, 5) is 30.3. The fourth-order valence-electron chi connectivity index (χ4n) is 4.67. The summed E-state index contributed by atoms with van der Waals surface area (Å²) in [6.45, 7) is 3.92. The topological polar surface area (TPSA) is 151 Å². The van der Waals surface area contributed by atoms with E-state index in [4.69, 9.17) is 21.3 Å². The Bertz CT molecular complexity index is 1640. The normalized spacial score (nSPS) is 13.7. The van der Waals surface area contributed by atoms with E-state index in [1.807, 2.05) is 36.6 Å². The smallest absolute Gasteiger partial charge is 0.484 e. The third-order valence-corrected chi connectivity index (χ3v) is 6.88. The Balaban J connectivity index is 1.47. The van der Waals surface area contributed by atoms with Crippen molar-refractivity contribution < 1.29 is 24.4 Å². The van der Waals surface area contributed by atoms with Crippen LogP contribution < -0.4 is 20.8 Å². The van der Waals surface area contributed by atoms with Gasteiger partial charge in [0, 0.05) is 28.4 Å². The monoisotopic (exact) mass is 586 g/mol. The van der Waals surface area contributed by atoms with Gasteiger partial charge < -0.3 is 25.4 Å². The minimum Gasteiger partial charge on any atom is -0.484 e. The predicted molar refractivity (Wildman–Crippen MR) is 160 cm³/mol. The molecule has 3 aromatic carbocycles. The number of halogens is 1. The maximum Gasteiger partial charge on any atom is 0.488 e. The third-order valence-electron chi connectivity index (χ3n) is 6.63. The number of ether oxygens (including phenoxy) is 1. The van der Waals surface area contributed by atoms with Crippen LogP contribution >= 0.6 is 11.6 Å². The summed E-state index contributed by atoms with van der Waals surface area (Å²) in [6.07, 6.45) is 0.0822. The number of nitrogens with one attached hydrogen (secondary N) is 2. The Morgan fingerprint density at radius 2 is 1.76 bits per heavy atom. The second kappa shape index (κ2) is 12.6. The molecule has 13 heteroatoms. The van der Waals surface area contributed by atoms with E-state index in [9.17, 15) is 19.6 Å². The molecule has 2 amide bonds. The highest BCUT2D eigenvalue weighted by Crippen LogP contribution is 2.34. The average molecular weight is 587 g/mol. The largest absolute Gasteiger partial charge is 0.488 e. The van der Waals surface area contributed by atoms with E-state index in [1.54, 1.807) is 36.4 Å². The van der Waals surface area contributed by atoms with Crippen molar-refractivity contribution in [3.8, 4) is 11.4 Å². The van der Waals surface area contributed by atoms with Crippen LogP contribution in [0.25, 0.3) is 5.69 Å². The first-order valence-corrected chi connectivity index (χ1v) is 13.7. The number of aryl methyl sites for hydroxylation is 1. The van der Waals surface area contributed by atoms with Crippen LogP contribution in [0.15, 0.2) is 71.7 Å². The lowest BCUT2D eigenvalue weighted by Gasteiger charge is -2.15. The van der Waals surface area contributed by atoms with Crippen molar-refractivity contribution in [2.45, 2.75) is 26.3 Å². The molecule has 4 N–H and O–H groups in total. The molecule has 1 aliphatic heterocycles. The number of aromatic nitrogens is 3. The number of aliphatic imine (C=N–C) groups is 1. The Morgan fingerprint density at radius 1 is 1.02 bits per heavy atom. The van der Waals surface area contributed by atoms with Crippen LogP contribution in [0.2, 0.25) is 5.02 Å². The lowest BCUT2D eigenvalue weighted by Crippen LogP contribution is -2.29. The molecule has 42 heavy (non-hydrogen) atoms. The number of hydrogen-bond acceptors (Lipinski definition) is 8. The maximum atomic E-state index is 12.6. The molecule has 4 aromatic rings. The lowest BCUT2D eigenvalue weighted by atomic mass is 9.80. The summed E-state index contributed by atoms with van der Waals surface area (Å²) in [5.74, 6) is 1.05. The van der Waals surface area contributed by atoms with E-state index in [0.29, 0.717) is 51.4 Å². The standard InChI is InChI=1S/C29H28BClN6O5/c1-3-32-26(38)15-24-29-36-35-17(2)37(29)25-13-12-22(14-23(25)28(34-24)18-4-8-20(31)9-5-18)42-16-27(39)33-21-10-6-19(7-11-21)30(40)41/h4-14,24,40-41H,3,15-16H2,1-2H3,(H,32,38)(H,33,39)/t24-/m0/s1. The van der Waals surface area contributed by atoms with E-state index in [1.165, 1.54) is 12.1 Å². The van der Waals surface area contributed by atoms with E-state index < -0.39 is 19.1 Å². The molecule has 1 atom stereocenters. The van der Waals surface area contributed by atoms with Crippen molar-refractivity contribution in [1.82, 2.24) is 20.1 Å². The van der Waals surface area contributed by atoms with Crippen LogP contribution in [0.1, 0.15) is 42.2 Å². The van der Waals surface area contributed by atoms with Gasteiger partial charge >= 0.3 is 7.12 Å². The summed E-state index contributed by atoms with van der Waals surface area (Å²) in [5, 5.41) is 33.3. The summed E-state index contributed by atoms with van der Waals surface area (Å²) in [5.41, 5.74) is 3.65. The number of benzene rings is 3. The molecule has 2 heterocycles. The minimum atomic E-state index is -1.59. The molecule has 1 aromatic heterocycles. The van der Waals surface area contributed by atoms with Gasteiger partial charge in [0.2, 0.25) is 5.91 Å². The van der Waals surface area contributed by atoms with Gasteiger partial charge in [0.15, 0.2) is 12.4 Å². The number of anilines is 1. The van der Waals surface area contributed by atoms with Crippen LogP contribution in [0.5, 0.6) is 5.75 Å². The molecule has 0 bridgehead atoms. The molecule has 0 aliphatic carbocycles. The predicted octanol–water partition coefficient (Wildman–Crippen LogP) is 2.34. The van der Waals surface area contributed by atoms with Crippen molar-refractivity contribution in [2.24, 2.45) is 4.99 Å². The molecule has 0 fully saturated rings. The van der Waals surface area contributed by atoms with Gasteiger partial charge in [0.1, 0.15) is 17.6 Å². The van der Waals surface area contributed by atoms with Gasteiger partial charge in [-0.1, -0.05) is 35.9 Å². The van der Waals surface area contributed by atoms with Gasteiger partial charge in [-0.15, -0.1) is 10.2 Å². The van der Waals surface area contributed by atoms with Crippen LogP contribution in [0.4, 0.5) is 5.69 Å². The highest BCUT2D eigenvalue weighted by Gasteiger charge is 2.30. The van der Waals surface area contributed by atoms with Crippen LogP contribution in [-0.4, -0.2) is 62.6 Å². The third kappa shape index (κ3) is 6.36. The molecular formula is C29H28BClN6O5. The highest BCUT2D eigenvalue weighted by molar-refractivity contribution is 6.58. The van der Waals surface area contributed by atoms with Crippen LogP contribution in [0, 0.1) is 6.92 Å². The molecule has 214 valence electrons. The molecular weight excluding hydrogens is 559 g/mol. The summed E-state index contributed by atoms with van der Waals surface area (Å²) < 4.78 is 7.75. The van der Waals surface area contributed by atoms with Gasteiger partial charge in [0.25, 0.3) is 5.91 Å². The average Bonchev–Trinajstić information content (AvgIpc) is 3.29. The number of nitrogens with zero attached hydrogens (tertiary/aromatic N) is 4. The van der Waals surface area contributed by atoms with Crippen LogP contribution in [-0.2, 0) is 9.59 Å². The Hall–Kier alpha value is -4.52.